The number of rotatable bonds is 8. The van der Waals surface area contributed by atoms with Crippen molar-refractivity contribution in [2.45, 2.75) is 23.5 Å². The first kappa shape index (κ1) is 22.4. The van der Waals surface area contributed by atoms with E-state index in [1.807, 2.05) is 25.1 Å². The molecule has 31 heavy (non-hydrogen) atoms. The maximum Gasteiger partial charge on any atom is 0.255 e. The van der Waals surface area contributed by atoms with Crippen LogP contribution in [0.25, 0.3) is 0 Å². The highest BCUT2D eigenvalue weighted by atomic mass is 32.2. The molecule has 0 heterocycles. The summed E-state index contributed by atoms with van der Waals surface area (Å²) in [5, 5.41) is 5.35. The lowest BCUT2D eigenvalue weighted by Crippen LogP contribution is -2.24. The van der Waals surface area contributed by atoms with Gasteiger partial charge in [-0.1, -0.05) is 13.0 Å². The molecule has 0 aliphatic rings. The molecule has 160 valence electrons. The van der Waals surface area contributed by atoms with E-state index in [-0.39, 0.29) is 22.9 Å². The molecule has 3 rings (SSSR count). The van der Waals surface area contributed by atoms with Gasteiger partial charge in [0, 0.05) is 21.8 Å². The molecule has 1 atom stereocenters. The lowest BCUT2D eigenvalue weighted by molar-refractivity contribution is -0.115. The van der Waals surface area contributed by atoms with E-state index in [9.17, 15) is 14.0 Å². The first-order valence-electron chi connectivity index (χ1n) is 9.77. The van der Waals surface area contributed by atoms with Crippen molar-refractivity contribution in [1.82, 2.24) is 0 Å². The number of carbonyl (C=O) groups excluding carboxylic acids is 2. The molecular weight excluding hydrogens is 415 g/mol. The van der Waals surface area contributed by atoms with Gasteiger partial charge in [-0.3, -0.25) is 9.59 Å². The van der Waals surface area contributed by atoms with Crippen LogP contribution in [0.3, 0.4) is 0 Å². The first-order chi connectivity index (χ1) is 15.0. The molecule has 3 aromatic carbocycles. The number of thioether (sulfide) groups is 1. The quantitative estimate of drug-likeness (QED) is 0.450. The summed E-state index contributed by atoms with van der Waals surface area (Å²) in [5.74, 6) is -0.0648. The Balaban J connectivity index is 1.64. The van der Waals surface area contributed by atoms with Gasteiger partial charge in [-0.05, 0) is 73.2 Å². The van der Waals surface area contributed by atoms with E-state index in [0.29, 0.717) is 29.1 Å². The van der Waals surface area contributed by atoms with E-state index in [2.05, 4.69) is 10.6 Å². The second-order valence-electron chi connectivity index (χ2n) is 6.72. The predicted molar refractivity (Wildman–Crippen MR) is 122 cm³/mol. The van der Waals surface area contributed by atoms with Gasteiger partial charge in [0.15, 0.2) is 0 Å². The maximum atomic E-state index is 13.1. The highest BCUT2D eigenvalue weighted by Crippen LogP contribution is 2.29. The van der Waals surface area contributed by atoms with Crippen LogP contribution in [-0.2, 0) is 4.79 Å². The summed E-state index contributed by atoms with van der Waals surface area (Å²) in [5.41, 5.74) is 1.70. The Hall–Kier alpha value is -3.32. The Morgan fingerprint density at radius 1 is 0.968 bits per heavy atom. The Morgan fingerprint density at radius 3 is 2.32 bits per heavy atom. The Kier molecular flexibility index (Phi) is 7.67. The van der Waals surface area contributed by atoms with E-state index in [1.54, 1.807) is 37.4 Å². The monoisotopic (exact) mass is 438 g/mol. The molecule has 0 bridgehead atoms. The van der Waals surface area contributed by atoms with Gasteiger partial charge < -0.3 is 15.4 Å². The molecule has 0 aliphatic heterocycles. The lowest BCUT2D eigenvalue weighted by atomic mass is 10.2. The maximum absolute atomic E-state index is 13.1. The number of ether oxygens (including phenoxy) is 1. The average Bonchev–Trinajstić information content (AvgIpc) is 2.79. The summed E-state index contributed by atoms with van der Waals surface area (Å²) in [4.78, 5) is 26.0. The van der Waals surface area contributed by atoms with Gasteiger partial charge in [-0.2, -0.15) is 0 Å². The number of amides is 2. The number of hydrogen-bond acceptors (Lipinski definition) is 4. The first-order valence-corrected chi connectivity index (χ1v) is 10.6. The number of benzene rings is 3. The van der Waals surface area contributed by atoms with Gasteiger partial charge in [0.2, 0.25) is 5.91 Å². The van der Waals surface area contributed by atoms with E-state index >= 15 is 0 Å². The fourth-order valence-electron chi connectivity index (χ4n) is 2.84. The van der Waals surface area contributed by atoms with Gasteiger partial charge in [0.05, 0.1) is 12.4 Å². The molecule has 0 saturated heterocycles. The minimum absolute atomic E-state index is 0.160. The molecular formula is C24H23FN2O3S. The summed E-state index contributed by atoms with van der Waals surface area (Å²) >= 11 is 1.41. The third-order valence-corrected chi connectivity index (χ3v) is 5.86. The van der Waals surface area contributed by atoms with Crippen LogP contribution in [-0.4, -0.2) is 24.2 Å². The van der Waals surface area contributed by atoms with Crippen molar-refractivity contribution in [3.8, 4) is 5.75 Å². The standard InChI is InChI=1S/C24H23FN2O3S/c1-3-22(24(29)26-18-11-9-17(25)10-12-18)31-21-6-4-5-19(15-21)27-23(28)16-7-13-20(30-2)14-8-16/h4-15,22H,3H2,1-2H3,(H,26,29)(H,27,28). The largest absolute Gasteiger partial charge is 0.497 e. The van der Waals surface area contributed by atoms with Crippen molar-refractivity contribution in [3.05, 3.63) is 84.2 Å². The minimum Gasteiger partial charge on any atom is -0.497 e. The third-order valence-electron chi connectivity index (χ3n) is 4.50. The number of anilines is 2. The van der Waals surface area contributed by atoms with Crippen molar-refractivity contribution in [2.75, 3.05) is 17.7 Å². The van der Waals surface area contributed by atoms with Crippen LogP contribution in [0.4, 0.5) is 15.8 Å². The Bertz CT molecular complexity index is 1040. The Morgan fingerprint density at radius 2 is 1.68 bits per heavy atom. The smallest absolute Gasteiger partial charge is 0.255 e. The molecule has 7 heteroatoms. The van der Waals surface area contributed by atoms with Crippen LogP contribution in [0.1, 0.15) is 23.7 Å². The fourth-order valence-corrected chi connectivity index (χ4v) is 3.85. The number of halogens is 1. The summed E-state index contributed by atoms with van der Waals surface area (Å²) in [6.07, 6.45) is 0.611. The second kappa shape index (κ2) is 10.6. The van der Waals surface area contributed by atoms with Crippen LogP contribution >= 0.6 is 11.8 Å². The minimum atomic E-state index is -0.354. The Labute approximate surface area is 185 Å². The molecule has 5 nitrogen and oxygen atoms in total. The van der Waals surface area contributed by atoms with E-state index < -0.39 is 0 Å². The van der Waals surface area contributed by atoms with Gasteiger partial charge in [0.25, 0.3) is 5.91 Å². The number of hydrogen-bond donors (Lipinski definition) is 2. The summed E-state index contributed by atoms with van der Waals surface area (Å²) in [7, 11) is 1.57. The van der Waals surface area contributed by atoms with Crippen molar-refractivity contribution in [3.63, 3.8) is 0 Å². The molecule has 1 unspecified atom stereocenters. The number of nitrogens with one attached hydrogen (secondary N) is 2. The molecule has 0 aliphatic carbocycles. The van der Waals surface area contributed by atoms with E-state index in [0.717, 1.165) is 4.90 Å². The van der Waals surface area contributed by atoms with E-state index in [4.69, 9.17) is 4.74 Å². The van der Waals surface area contributed by atoms with Crippen molar-refractivity contribution in [1.29, 1.82) is 0 Å². The fraction of sp³-hybridized carbons (Fsp3) is 0.167. The molecule has 2 N–H and O–H groups in total. The lowest BCUT2D eigenvalue weighted by Gasteiger charge is -2.15. The molecule has 0 aromatic heterocycles. The van der Waals surface area contributed by atoms with Crippen LogP contribution in [0.5, 0.6) is 5.75 Å². The average molecular weight is 439 g/mol. The third kappa shape index (κ3) is 6.33. The SMILES string of the molecule is CCC(Sc1cccc(NC(=O)c2ccc(OC)cc2)c1)C(=O)Nc1ccc(F)cc1. The predicted octanol–water partition coefficient (Wildman–Crippen LogP) is 5.60. The van der Waals surface area contributed by atoms with Crippen molar-refractivity contribution in [2.24, 2.45) is 0 Å². The normalized spacial score (nSPS) is 11.5. The van der Waals surface area contributed by atoms with Gasteiger partial charge in [-0.25, -0.2) is 4.39 Å². The summed E-state index contributed by atoms with van der Waals surface area (Å²) in [6.45, 7) is 1.93. The van der Waals surface area contributed by atoms with Crippen LogP contribution in [0.2, 0.25) is 0 Å². The van der Waals surface area contributed by atoms with Crippen LogP contribution in [0, 0.1) is 5.82 Å². The molecule has 3 aromatic rings. The molecule has 0 radical (unpaired) electrons. The second-order valence-corrected chi connectivity index (χ2v) is 8.00. The zero-order valence-electron chi connectivity index (χ0n) is 17.2. The van der Waals surface area contributed by atoms with Crippen LogP contribution in [0.15, 0.2) is 77.7 Å². The molecule has 0 spiro atoms. The van der Waals surface area contributed by atoms with Crippen molar-refractivity contribution >= 4 is 35.0 Å². The summed E-state index contributed by atoms with van der Waals surface area (Å²) in [6, 6.07) is 19.9. The topological polar surface area (TPSA) is 67.4 Å². The zero-order valence-corrected chi connectivity index (χ0v) is 18.0. The highest BCUT2D eigenvalue weighted by molar-refractivity contribution is 8.00. The number of methoxy groups -OCH3 is 1. The zero-order chi connectivity index (χ0) is 22.2. The molecule has 2 amide bonds. The van der Waals surface area contributed by atoms with E-state index in [1.165, 1.54) is 36.0 Å². The number of carbonyl (C=O) groups is 2. The summed E-state index contributed by atoms with van der Waals surface area (Å²) < 4.78 is 18.2. The van der Waals surface area contributed by atoms with Gasteiger partial charge in [0.1, 0.15) is 11.6 Å². The van der Waals surface area contributed by atoms with Crippen molar-refractivity contribution < 1.29 is 18.7 Å². The van der Waals surface area contributed by atoms with Gasteiger partial charge in [-0.15, -0.1) is 11.8 Å². The highest BCUT2D eigenvalue weighted by Gasteiger charge is 2.18. The molecule has 0 fully saturated rings. The molecule has 0 saturated carbocycles. The van der Waals surface area contributed by atoms with Gasteiger partial charge >= 0.3 is 0 Å². The van der Waals surface area contributed by atoms with Crippen LogP contribution < -0.4 is 15.4 Å².